The Morgan fingerprint density at radius 3 is 2.87 bits per heavy atom. The Morgan fingerprint density at radius 1 is 1.40 bits per heavy atom. The molecule has 1 aromatic carbocycles. The highest BCUT2D eigenvalue weighted by atomic mass is 28.2. The highest BCUT2D eigenvalue weighted by Gasteiger charge is 2.13. The van der Waals surface area contributed by atoms with Crippen LogP contribution in [0.3, 0.4) is 0 Å². The van der Waals surface area contributed by atoms with Crippen LogP contribution in [0.15, 0.2) is 24.3 Å². The molecular weight excluding hydrogens is 202 g/mol. The maximum absolute atomic E-state index is 6.02. The molecule has 2 rings (SSSR count). The van der Waals surface area contributed by atoms with Gasteiger partial charge in [0.25, 0.3) is 0 Å². The molecular formula is C11H17N3Si. The summed E-state index contributed by atoms with van der Waals surface area (Å²) in [5.74, 6) is 0. The van der Waals surface area contributed by atoms with Gasteiger partial charge in [0.15, 0.2) is 0 Å². The van der Waals surface area contributed by atoms with E-state index < -0.39 is 0 Å². The summed E-state index contributed by atoms with van der Waals surface area (Å²) in [6, 6.07) is 9.31. The van der Waals surface area contributed by atoms with Crippen LogP contribution in [-0.2, 0) is 6.04 Å². The fourth-order valence-electron chi connectivity index (χ4n) is 1.65. The first-order valence-corrected chi connectivity index (χ1v) is 6.98. The molecule has 0 atom stereocenters. The maximum Gasteiger partial charge on any atom is 0.0669 e. The quantitative estimate of drug-likeness (QED) is 0.755. The summed E-state index contributed by atoms with van der Waals surface area (Å²) < 4.78 is 0. The van der Waals surface area contributed by atoms with Gasteiger partial charge in [-0.05, 0) is 17.3 Å². The molecule has 0 aliphatic rings. The van der Waals surface area contributed by atoms with E-state index >= 15 is 0 Å². The molecule has 2 aromatic rings. The standard InChI is InChI=1S/C11H17N3Si/c1-11(2,12)15-7-10-8-5-3-4-6-9(8)13-14-10/h3-6H,7,12,15H2,1-2H3,(H,13,14). The first-order valence-electron chi connectivity index (χ1n) is 5.27. The van der Waals surface area contributed by atoms with E-state index in [1.165, 1.54) is 11.1 Å². The van der Waals surface area contributed by atoms with Crippen LogP contribution in [-0.4, -0.2) is 24.9 Å². The van der Waals surface area contributed by atoms with Crippen LogP contribution in [0, 0.1) is 0 Å². The zero-order valence-corrected chi connectivity index (χ0v) is 10.7. The van der Waals surface area contributed by atoms with E-state index in [-0.39, 0.29) is 14.7 Å². The second kappa shape index (κ2) is 3.79. The fourth-order valence-corrected chi connectivity index (χ4v) is 2.91. The van der Waals surface area contributed by atoms with Gasteiger partial charge >= 0.3 is 0 Å². The molecule has 0 amide bonds. The zero-order valence-electron chi connectivity index (χ0n) is 9.25. The summed E-state index contributed by atoms with van der Waals surface area (Å²) in [6.45, 7) is 4.21. The summed E-state index contributed by atoms with van der Waals surface area (Å²) in [5, 5.41) is 8.67. The number of H-pyrrole nitrogens is 1. The minimum atomic E-state index is -0.312. The smallest absolute Gasteiger partial charge is 0.0669 e. The molecule has 1 heterocycles. The molecule has 3 N–H and O–H groups in total. The van der Waals surface area contributed by atoms with Crippen molar-refractivity contribution in [2.45, 2.75) is 25.1 Å². The van der Waals surface area contributed by atoms with Gasteiger partial charge in [0.05, 0.1) is 11.2 Å². The van der Waals surface area contributed by atoms with E-state index in [2.05, 4.69) is 42.2 Å². The van der Waals surface area contributed by atoms with Crippen molar-refractivity contribution in [2.24, 2.45) is 5.73 Å². The zero-order chi connectivity index (χ0) is 10.9. The molecule has 0 saturated carbocycles. The number of hydrogen-bond donors (Lipinski definition) is 2. The summed E-state index contributed by atoms with van der Waals surface area (Å²) >= 11 is 0. The lowest BCUT2D eigenvalue weighted by Gasteiger charge is -2.16. The van der Waals surface area contributed by atoms with Crippen LogP contribution in [0.2, 0.25) is 0 Å². The Bertz CT molecular complexity index is 456. The number of nitrogens with zero attached hydrogens (tertiary/aromatic N) is 1. The molecule has 0 aliphatic carbocycles. The van der Waals surface area contributed by atoms with E-state index in [0.717, 1.165) is 11.6 Å². The average molecular weight is 219 g/mol. The number of benzene rings is 1. The lowest BCUT2D eigenvalue weighted by atomic mass is 10.2. The van der Waals surface area contributed by atoms with Crippen LogP contribution in [0.25, 0.3) is 10.9 Å². The van der Waals surface area contributed by atoms with Crippen LogP contribution in [0.1, 0.15) is 19.5 Å². The second-order valence-electron chi connectivity index (χ2n) is 4.70. The van der Waals surface area contributed by atoms with Crippen molar-refractivity contribution in [3.05, 3.63) is 30.0 Å². The number of hydrogen-bond acceptors (Lipinski definition) is 2. The molecule has 15 heavy (non-hydrogen) atoms. The molecule has 3 nitrogen and oxygen atoms in total. The van der Waals surface area contributed by atoms with Crippen molar-refractivity contribution < 1.29 is 0 Å². The number of aromatic nitrogens is 2. The van der Waals surface area contributed by atoms with Crippen molar-refractivity contribution in [2.75, 3.05) is 0 Å². The van der Waals surface area contributed by atoms with Gasteiger partial charge < -0.3 is 5.73 Å². The Hall–Kier alpha value is -1.13. The SMILES string of the molecule is CC(C)(N)[SiH2]Cc1n[nH]c2ccccc12. The third kappa shape index (κ3) is 2.46. The van der Waals surface area contributed by atoms with Gasteiger partial charge in [-0.3, -0.25) is 5.10 Å². The predicted molar refractivity (Wildman–Crippen MR) is 66.6 cm³/mol. The van der Waals surface area contributed by atoms with Crippen LogP contribution in [0.4, 0.5) is 0 Å². The van der Waals surface area contributed by atoms with Crippen LogP contribution < -0.4 is 5.73 Å². The molecule has 0 unspecified atom stereocenters. The Kier molecular flexibility index (Phi) is 2.62. The van der Waals surface area contributed by atoms with E-state index in [9.17, 15) is 0 Å². The van der Waals surface area contributed by atoms with Crippen molar-refractivity contribution in [1.82, 2.24) is 10.2 Å². The number of para-hydroxylation sites is 1. The molecule has 80 valence electrons. The summed E-state index contributed by atoms with van der Waals surface area (Å²) in [6.07, 6.45) is 0. The Balaban J connectivity index is 2.22. The van der Waals surface area contributed by atoms with Crippen LogP contribution >= 0.6 is 0 Å². The lowest BCUT2D eigenvalue weighted by Crippen LogP contribution is -2.40. The van der Waals surface area contributed by atoms with Gasteiger partial charge in [0, 0.05) is 14.9 Å². The first-order chi connectivity index (χ1) is 7.06. The molecule has 1 aromatic heterocycles. The molecule has 0 fully saturated rings. The van der Waals surface area contributed by atoms with Crippen molar-refractivity contribution in [3.8, 4) is 0 Å². The largest absolute Gasteiger partial charge is 0.329 e. The van der Waals surface area contributed by atoms with Crippen molar-refractivity contribution >= 4 is 20.4 Å². The van der Waals surface area contributed by atoms with Gasteiger partial charge in [-0.15, -0.1) is 0 Å². The lowest BCUT2D eigenvalue weighted by molar-refractivity contribution is 0.723. The Morgan fingerprint density at radius 2 is 2.13 bits per heavy atom. The highest BCUT2D eigenvalue weighted by molar-refractivity contribution is 6.39. The monoisotopic (exact) mass is 219 g/mol. The van der Waals surface area contributed by atoms with Gasteiger partial charge in [-0.25, -0.2) is 0 Å². The number of fused-ring (bicyclic) bond motifs is 1. The molecule has 0 spiro atoms. The fraction of sp³-hybridized carbons (Fsp3) is 0.364. The first kappa shape index (κ1) is 10.4. The highest BCUT2D eigenvalue weighted by Crippen LogP contribution is 2.15. The normalized spacial score (nSPS) is 13.0. The number of rotatable bonds is 3. The van der Waals surface area contributed by atoms with Crippen molar-refractivity contribution in [3.63, 3.8) is 0 Å². The van der Waals surface area contributed by atoms with Gasteiger partial charge in [-0.2, -0.15) is 5.10 Å². The summed E-state index contributed by atoms with van der Waals surface area (Å²) in [5.41, 5.74) is 8.32. The number of aromatic amines is 1. The van der Waals surface area contributed by atoms with Crippen molar-refractivity contribution in [1.29, 1.82) is 0 Å². The van der Waals surface area contributed by atoms with Gasteiger partial charge in [0.1, 0.15) is 0 Å². The van der Waals surface area contributed by atoms with Gasteiger partial charge in [0.2, 0.25) is 0 Å². The van der Waals surface area contributed by atoms with Crippen LogP contribution in [0.5, 0.6) is 0 Å². The molecule has 0 radical (unpaired) electrons. The minimum absolute atomic E-state index is 0.0139. The molecule has 0 aliphatic heterocycles. The number of nitrogens with two attached hydrogens (primary N) is 1. The predicted octanol–water partition coefficient (Wildman–Crippen LogP) is 0.926. The van der Waals surface area contributed by atoms with Gasteiger partial charge in [-0.1, -0.05) is 32.0 Å². The second-order valence-corrected chi connectivity index (χ2v) is 7.53. The topological polar surface area (TPSA) is 54.7 Å². The summed E-state index contributed by atoms with van der Waals surface area (Å²) in [7, 11) is -0.312. The summed E-state index contributed by atoms with van der Waals surface area (Å²) in [4.78, 5) is 0. The maximum atomic E-state index is 6.02. The van der Waals surface area contributed by atoms with E-state index in [1.54, 1.807) is 0 Å². The average Bonchev–Trinajstić information content (AvgIpc) is 2.57. The third-order valence-electron chi connectivity index (χ3n) is 2.56. The molecule has 0 saturated heterocycles. The van der Waals surface area contributed by atoms with E-state index in [1.807, 2.05) is 6.07 Å². The minimum Gasteiger partial charge on any atom is -0.329 e. The van der Waals surface area contributed by atoms with E-state index in [0.29, 0.717) is 0 Å². The number of nitrogens with one attached hydrogen (secondary N) is 1. The Labute approximate surface area is 91.9 Å². The molecule has 4 heteroatoms. The molecule has 0 bridgehead atoms. The van der Waals surface area contributed by atoms with E-state index in [4.69, 9.17) is 5.73 Å². The third-order valence-corrected chi connectivity index (χ3v) is 4.57.